The molecule has 29 heavy (non-hydrogen) atoms. The van der Waals surface area contributed by atoms with E-state index in [0.29, 0.717) is 12.4 Å². The fourth-order valence-corrected chi connectivity index (χ4v) is 2.46. The molecule has 1 aromatic carbocycles. The van der Waals surface area contributed by atoms with Crippen molar-refractivity contribution in [3.8, 4) is 5.75 Å². The Hall–Kier alpha value is -2.43. The molecule has 0 radical (unpaired) electrons. The highest BCUT2D eigenvalue weighted by atomic mass is 17.0. The van der Waals surface area contributed by atoms with E-state index in [4.69, 9.17) is 14.2 Å². The minimum Gasteiger partial charge on any atom is -0.491 e. The van der Waals surface area contributed by atoms with Crippen molar-refractivity contribution >= 4 is 5.91 Å². The predicted octanol–water partition coefficient (Wildman–Crippen LogP) is 1.08. The normalized spacial score (nSPS) is 11.9. The molecule has 10 nitrogen and oxygen atoms in total. The van der Waals surface area contributed by atoms with Crippen LogP contribution in [0.1, 0.15) is 19.4 Å². The molecule has 0 aromatic heterocycles. The molecule has 1 unspecified atom stereocenters. The molecule has 0 saturated heterocycles. The summed E-state index contributed by atoms with van der Waals surface area (Å²) in [6, 6.07) is 7.36. The predicted molar refractivity (Wildman–Crippen MR) is 104 cm³/mol. The summed E-state index contributed by atoms with van der Waals surface area (Å²) in [5.41, 5.74) is 1.12. The van der Waals surface area contributed by atoms with Gasteiger partial charge < -0.3 is 29.1 Å². The van der Waals surface area contributed by atoms with E-state index in [1.807, 2.05) is 38.1 Å². The number of methoxy groups -OCH3 is 1. The Morgan fingerprint density at radius 3 is 2.48 bits per heavy atom. The summed E-state index contributed by atoms with van der Waals surface area (Å²) in [6.07, 6.45) is -0.0715. The van der Waals surface area contributed by atoms with Gasteiger partial charge in [0.15, 0.2) is 0 Å². The zero-order valence-corrected chi connectivity index (χ0v) is 17.1. The summed E-state index contributed by atoms with van der Waals surface area (Å²) in [5, 5.41) is 19.4. The van der Waals surface area contributed by atoms with Crippen molar-refractivity contribution < 1.29 is 34.0 Å². The lowest BCUT2D eigenvalue weighted by atomic mass is 10.1. The highest BCUT2D eigenvalue weighted by Gasteiger charge is 2.21. The van der Waals surface area contributed by atoms with Crippen LogP contribution in [0, 0.1) is 10.1 Å². The number of hydrogen-bond acceptors (Lipinski definition) is 8. The van der Waals surface area contributed by atoms with Gasteiger partial charge >= 0.3 is 0 Å². The maximum Gasteiger partial charge on any atom is 0.294 e. The molecule has 1 aromatic rings. The Labute approximate surface area is 170 Å². The number of nitrogens with zero attached hydrogens (tertiary/aromatic N) is 2. The average Bonchev–Trinajstić information content (AvgIpc) is 2.68. The Morgan fingerprint density at radius 1 is 1.21 bits per heavy atom. The number of hydrogen-bond donors (Lipinski definition) is 1. The second kappa shape index (κ2) is 13.7. The first-order valence-electron chi connectivity index (χ1n) is 9.36. The van der Waals surface area contributed by atoms with Gasteiger partial charge in [0.2, 0.25) is 5.91 Å². The molecular formula is C19H30N2O8. The summed E-state index contributed by atoms with van der Waals surface area (Å²) < 4.78 is 15.7. The van der Waals surface area contributed by atoms with E-state index in [-0.39, 0.29) is 44.9 Å². The number of amides is 1. The van der Waals surface area contributed by atoms with Gasteiger partial charge in [-0.2, -0.15) is 0 Å². The van der Waals surface area contributed by atoms with E-state index in [1.165, 1.54) is 4.90 Å². The quantitative estimate of drug-likeness (QED) is 0.257. The standard InChI is InChI=1S/C19H30N2O8/c1-15(2)20(19(23)14-27-10-11-29-21(24)25)12-17(22)13-28-18-6-4-16(5-7-18)8-9-26-3/h4-7,15,17,22H,8-14H2,1-3H3. The van der Waals surface area contributed by atoms with Gasteiger partial charge in [0.25, 0.3) is 5.09 Å². The molecule has 0 aliphatic heterocycles. The van der Waals surface area contributed by atoms with Crippen LogP contribution in [0.25, 0.3) is 0 Å². The van der Waals surface area contributed by atoms with E-state index in [1.54, 1.807) is 7.11 Å². The molecule has 1 N–H and O–H groups in total. The first-order chi connectivity index (χ1) is 13.8. The highest BCUT2D eigenvalue weighted by Crippen LogP contribution is 2.13. The zero-order valence-electron chi connectivity index (χ0n) is 17.1. The van der Waals surface area contributed by atoms with Gasteiger partial charge in [0, 0.05) is 13.2 Å². The largest absolute Gasteiger partial charge is 0.491 e. The molecule has 0 aliphatic rings. The Kier molecular flexibility index (Phi) is 11.6. The Bertz CT molecular complexity index is 609. The molecule has 0 fully saturated rings. The first kappa shape index (κ1) is 24.6. The Balaban J connectivity index is 2.40. The monoisotopic (exact) mass is 414 g/mol. The molecule has 0 aliphatic carbocycles. The van der Waals surface area contributed by atoms with Gasteiger partial charge in [-0.3, -0.25) is 4.79 Å². The van der Waals surface area contributed by atoms with Crippen LogP contribution < -0.4 is 4.74 Å². The summed E-state index contributed by atoms with van der Waals surface area (Å²) >= 11 is 0. The van der Waals surface area contributed by atoms with Gasteiger partial charge in [-0.15, -0.1) is 10.1 Å². The number of carbonyl (C=O) groups excluding carboxylic acids is 1. The minimum atomic E-state index is -0.922. The Morgan fingerprint density at radius 2 is 1.90 bits per heavy atom. The van der Waals surface area contributed by atoms with E-state index in [0.717, 1.165) is 12.0 Å². The van der Waals surface area contributed by atoms with Crippen LogP contribution >= 0.6 is 0 Å². The molecule has 0 bridgehead atoms. The SMILES string of the molecule is COCCc1ccc(OCC(O)CN(C(=O)COCCO[N+](=O)[O-])C(C)C)cc1. The van der Waals surface area contributed by atoms with Gasteiger partial charge in [-0.1, -0.05) is 12.1 Å². The van der Waals surface area contributed by atoms with E-state index < -0.39 is 11.2 Å². The molecular weight excluding hydrogens is 384 g/mol. The van der Waals surface area contributed by atoms with Crippen LogP contribution in [-0.2, 0) is 25.5 Å². The third-order valence-electron chi connectivity index (χ3n) is 3.96. The van der Waals surface area contributed by atoms with Crippen LogP contribution in [0.15, 0.2) is 24.3 Å². The van der Waals surface area contributed by atoms with Crippen molar-refractivity contribution in [2.24, 2.45) is 0 Å². The summed E-state index contributed by atoms with van der Waals surface area (Å²) in [4.78, 5) is 27.9. The topological polar surface area (TPSA) is 121 Å². The van der Waals surface area contributed by atoms with Gasteiger partial charge in [0.05, 0.1) is 19.8 Å². The van der Waals surface area contributed by atoms with E-state index in [2.05, 4.69) is 4.84 Å². The smallest absolute Gasteiger partial charge is 0.294 e. The van der Waals surface area contributed by atoms with Gasteiger partial charge in [0.1, 0.15) is 31.7 Å². The van der Waals surface area contributed by atoms with E-state index in [9.17, 15) is 20.0 Å². The highest BCUT2D eigenvalue weighted by molar-refractivity contribution is 5.77. The number of rotatable bonds is 15. The fraction of sp³-hybridized carbons (Fsp3) is 0.632. The molecule has 164 valence electrons. The third kappa shape index (κ3) is 10.6. The average molecular weight is 414 g/mol. The van der Waals surface area contributed by atoms with Crippen LogP contribution in [-0.4, -0.2) is 79.8 Å². The van der Waals surface area contributed by atoms with E-state index >= 15 is 0 Å². The van der Waals surface area contributed by atoms with Crippen molar-refractivity contribution in [2.45, 2.75) is 32.4 Å². The number of ether oxygens (including phenoxy) is 3. The molecule has 0 heterocycles. The lowest BCUT2D eigenvalue weighted by Crippen LogP contribution is -2.45. The number of carbonyl (C=O) groups is 1. The maximum absolute atomic E-state index is 12.3. The van der Waals surface area contributed by atoms with Crippen molar-refractivity contribution in [2.75, 3.05) is 46.7 Å². The fourth-order valence-electron chi connectivity index (χ4n) is 2.46. The second-order valence-corrected chi connectivity index (χ2v) is 6.60. The summed E-state index contributed by atoms with van der Waals surface area (Å²) in [7, 11) is 1.65. The van der Waals surface area contributed by atoms with Crippen LogP contribution in [0.3, 0.4) is 0 Å². The van der Waals surface area contributed by atoms with Crippen LogP contribution in [0.5, 0.6) is 5.75 Å². The van der Waals surface area contributed by atoms with Crippen LogP contribution in [0.4, 0.5) is 0 Å². The molecule has 0 saturated carbocycles. The first-order valence-corrected chi connectivity index (χ1v) is 9.36. The lowest BCUT2D eigenvalue weighted by Gasteiger charge is -2.29. The molecule has 10 heteroatoms. The van der Waals surface area contributed by atoms with Crippen LogP contribution in [0.2, 0.25) is 0 Å². The van der Waals surface area contributed by atoms with Crippen molar-refractivity contribution in [1.82, 2.24) is 4.90 Å². The van der Waals surface area contributed by atoms with Gasteiger partial charge in [-0.05, 0) is 38.0 Å². The molecule has 1 atom stereocenters. The van der Waals surface area contributed by atoms with Crippen molar-refractivity contribution in [1.29, 1.82) is 0 Å². The zero-order chi connectivity index (χ0) is 21.6. The van der Waals surface area contributed by atoms with Crippen molar-refractivity contribution in [3.05, 3.63) is 39.9 Å². The second-order valence-electron chi connectivity index (χ2n) is 6.60. The summed E-state index contributed by atoms with van der Waals surface area (Å²) in [5.74, 6) is 0.296. The molecule has 1 rings (SSSR count). The number of aliphatic hydroxyl groups excluding tert-OH is 1. The number of aliphatic hydroxyl groups is 1. The van der Waals surface area contributed by atoms with Crippen molar-refractivity contribution in [3.63, 3.8) is 0 Å². The molecule has 1 amide bonds. The summed E-state index contributed by atoms with van der Waals surface area (Å²) in [6.45, 7) is 3.82. The third-order valence-corrected chi connectivity index (χ3v) is 3.96. The maximum atomic E-state index is 12.3. The lowest BCUT2D eigenvalue weighted by molar-refractivity contribution is -0.758. The molecule has 0 spiro atoms. The number of benzene rings is 1. The van der Waals surface area contributed by atoms with Gasteiger partial charge in [-0.25, -0.2) is 0 Å². The minimum absolute atomic E-state index is 0.0332.